The third kappa shape index (κ3) is 3.88. The minimum atomic E-state index is -0.427. The van der Waals surface area contributed by atoms with Crippen LogP contribution in [-0.4, -0.2) is 0 Å². The summed E-state index contributed by atoms with van der Waals surface area (Å²) in [4.78, 5) is 0. The molecule has 0 saturated carbocycles. The van der Waals surface area contributed by atoms with Crippen molar-refractivity contribution < 1.29 is 9.13 Å². The van der Waals surface area contributed by atoms with Gasteiger partial charge in [0.15, 0.2) is 11.6 Å². The topological polar surface area (TPSA) is 9.23 Å². The number of halogens is 9. The molecule has 1 nitrogen and oxygen atoms in total. The molecule has 0 unspecified atom stereocenters. The van der Waals surface area contributed by atoms with Crippen LogP contribution >= 0.6 is 127 Å². The lowest BCUT2D eigenvalue weighted by Gasteiger charge is -2.16. The molecule has 0 N–H and O–H groups in total. The van der Waals surface area contributed by atoms with E-state index < -0.39 is 5.82 Å². The lowest BCUT2D eigenvalue weighted by atomic mass is 10.3. The fraction of sp³-hybridized carbons (Fsp3) is 0. The van der Waals surface area contributed by atoms with Gasteiger partial charge in [0.2, 0.25) is 0 Å². The molecule has 118 valence electrons. The molecule has 0 bridgehead atoms. The van der Waals surface area contributed by atoms with Crippen LogP contribution in [0, 0.1) is 5.82 Å². The van der Waals surface area contributed by atoms with Crippen molar-refractivity contribution in [2.45, 2.75) is 0 Å². The quantitative estimate of drug-likeness (QED) is 0.217. The molecule has 2 aromatic rings. The summed E-state index contributed by atoms with van der Waals surface area (Å²) >= 11 is 26.9. The van der Waals surface area contributed by atoms with Crippen molar-refractivity contribution in [3.8, 4) is 11.5 Å². The molecular formula is C12HBr8FO. The van der Waals surface area contributed by atoms with E-state index in [2.05, 4.69) is 127 Å². The minimum absolute atomic E-state index is 0.268. The first kappa shape index (κ1) is 20.3. The summed E-state index contributed by atoms with van der Waals surface area (Å²) in [6.45, 7) is 0. The molecule has 0 amide bonds. The van der Waals surface area contributed by atoms with E-state index in [4.69, 9.17) is 4.74 Å². The zero-order valence-corrected chi connectivity index (χ0v) is 22.6. The summed E-state index contributed by atoms with van der Waals surface area (Å²) in [6, 6.07) is 1.79. The van der Waals surface area contributed by atoms with Crippen molar-refractivity contribution >= 4 is 127 Å². The van der Waals surface area contributed by atoms with E-state index >= 15 is 0 Å². The fourth-order valence-electron chi connectivity index (χ4n) is 1.41. The highest BCUT2D eigenvalue weighted by Crippen LogP contribution is 2.50. The molecule has 0 radical (unpaired) electrons. The molecule has 0 saturated heterocycles. The zero-order chi connectivity index (χ0) is 16.8. The van der Waals surface area contributed by atoms with Gasteiger partial charge >= 0.3 is 0 Å². The van der Waals surface area contributed by atoms with Crippen molar-refractivity contribution in [3.05, 3.63) is 47.7 Å². The molecule has 0 aliphatic carbocycles. The van der Waals surface area contributed by atoms with Crippen LogP contribution in [0.3, 0.4) is 0 Å². The smallest absolute Gasteiger partial charge is 0.158 e. The summed E-state index contributed by atoms with van der Waals surface area (Å²) < 4.78 is 24.6. The van der Waals surface area contributed by atoms with Crippen LogP contribution in [-0.2, 0) is 0 Å². The molecule has 0 fully saturated rings. The monoisotopic (exact) mass is 811 g/mol. The first-order valence-corrected chi connectivity index (χ1v) is 11.5. The molecule has 0 aromatic heterocycles. The number of hydrogen-bond donors (Lipinski definition) is 0. The Morgan fingerprint density at radius 2 is 1.14 bits per heavy atom. The maximum absolute atomic E-state index is 14.0. The minimum Gasteiger partial charge on any atom is -0.454 e. The number of ether oxygens (including phenoxy) is 1. The molecule has 0 aliphatic rings. The molecule has 2 rings (SSSR count). The van der Waals surface area contributed by atoms with Crippen LogP contribution in [0.1, 0.15) is 0 Å². The second-order valence-electron chi connectivity index (χ2n) is 3.80. The maximum atomic E-state index is 14.0. The van der Waals surface area contributed by atoms with Gasteiger partial charge in [-0.25, -0.2) is 4.39 Å². The lowest BCUT2D eigenvalue weighted by molar-refractivity contribution is 0.468. The Morgan fingerprint density at radius 1 is 0.636 bits per heavy atom. The Hall–Kier alpha value is 2.01. The predicted octanol–water partition coefficient (Wildman–Crippen LogP) is 9.72. The summed E-state index contributed by atoms with van der Waals surface area (Å²) in [5.74, 6) is 0.555. The van der Waals surface area contributed by atoms with Crippen LogP contribution in [0.25, 0.3) is 0 Å². The highest BCUT2D eigenvalue weighted by Gasteiger charge is 2.22. The van der Waals surface area contributed by atoms with Crippen molar-refractivity contribution in [2.24, 2.45) is 0 Å². The molecule has 0 heterocycles. The van der Waals surface area contributed by atoms with Gasteiger partial charge in [-0.3, -0.25) is 0 Å². The third-order valence-electron chi connectivity index (χ3n) is 2.45. The zero-order valence-electron chi connectivity index (χ0n) is 9.89. The summed E-state index contributed by atoms with van der Waals surface area (Å²) in [5.41, 5.74) is 0. The van der Waals surface area contributed by atoms with E-state index in [9.17, 15) is 4.39 Å². The normalized spacial score (nSPS) is 11.0. The highest BCUT2D eigenvalue weighted by molar-refractivity contribution is 9.15. The van der Waals surface area contributed by atoms with E-state index in [-0.39, 0.29) is 8.95 Å². The Morgan fingerprint density at radius 3 is 1.64 bits per heavy atom. The standard InChI is InChI=1S/C12HBr8FO/c13-2-1-3(5(15)6(16)4(2)14)22-12-9(19)7(17)11(21)8(18)10(12)20/h1H. The van der Waals surface area contributed by atoms with Gasteiger partial charge in [0.1, 0.15) is 5.75 Å². The Bertz CT molecular complexity index is 748. The van der Waals surface area contributed by atoms with Gasteiger partial charge in [-0.2, -0.15) is 0 Å². The molecule has 10 heteroatoms. The van der Waals surface area contributed by atoms with Crippen LogP contribution in [0.4, 0.5) is 4.39 Å². The van der Waals surface area contributed by atoms with Crippen LogP contribution < -0.4 is 4.74 Å². The SMILES string of the molecule is Fc1c(Br)c(Br)c(Oc2cc(Br)c(Br)c(Br)c2Br)c(Br)c1Br. The average Bonchev–Trinajstić information content (AvgIpc) is 2.50. The van der Waals surface area contributed by atoms with Crippen molar-refractivity contribution in [3.63, 3.8) is 0 Å². The molecule has 0 atom stereocenters. The number of benzene rings is 2. The van der Waals surface area contributed by atoms with Gasteiger partial charge in [0.25, 0.3) is 0 Å². The van der Waals surface area contributed by atoms with Crippen molar-refractivity contribution in [1.29, 1.82) is 0 Å². The van der Waals surface area contributed by atoms with Crippen LogP contribution in [0.2, 0.25) is 0 Å². The Balaban J connectivity index is 2.63. The van der Waals surface area contributed by atoms with Crippen LogP contribution in [0.15, 0.2) is 41.8 Å². The highest BCUT2D eigenvalue weighted by atomic mass is 79.9. The van der Waals surface area contributed by atoms with Gasteiger partial charge in [-0.05, 0) is 134 Å². The van der Waals surface area contributed by atoms with Crippen LogP contribution in [0.5, 0.6) is 11.5 Å². The second-order valence-corrected chi connectivity index (χ2v) is 10.2. The summed E-state index contributed by atoms with van der Waals surface area (Å²) in [7, 11) is 0. The largest absolute Gasteiger partial charge is 0.454 e. The van der Waals surface area contributed by atoms with Gasteiger partial charge in [-0.15, -0.1) is 0 Å². The first-order chi connectivity index (χ1) is 10.2. The second kappa shape index (κ2) is 8.14. The molecule has 0 spiro atoms. The predicted molar refractivity (Wildman–Crippen MR) is 115 cm³/mol. The fourth-order valence-corrected chi connectivity index (χ4v) is 5.66. The number of hydrogen-bond acceptors (Lipinski definition) is 1. The van der Waals surface area contributed by atoms with E-state index in [0.29, 0.717) is 20.4 Å². The van der Waals surface area contributed by atoms with Crippen molar-refractivity contribution in [2.75, 3.05) is 0 Å². The van der Waals surface area contributed by atoms with E-state index in [1.54, 1.807) is 6.07 Å². The van der Waals surface area contributed by atoms with E-state index in [1.807, 2.05) is 0 Å². The maximum Gasteiger partial charge on any atom is 0.158 e. The Labute approximate surface area is 193 Å². The molecule has 2 aromatic carbocycles. The van der Waals surface area contributed by atoms with E-state index in [1.165, 1.54) is 0 Å². The summed E-state index contributed by atoms with van der Waals surface area (Å²) in [6.07, 6.45) is 0. The summed E-state index contributed by atoms with van der Waals surface area (Å²) in [5, 5.41) is 0. The average molecular weight is 819 g/mol. The van der Waals surface area contributed by atoms with Gasteiger partial charge < -0.3 is 4.74 Å². The van der Waals surface area contributed by atoms with Crippen molar-refractivity contribution in [1.82, 2.24) is 0 Å². The Kier molecular flexibility index (Phi) is 7.52. The molecular weight excluding hydrogens is 818 g/mol. The van der Waals surface area contributed by atoms with Gasteiger partial charge in [-0.1, -0.05) is 0 Å². The van der Waals surface area contributed by atoms with E-state index in [0.717, 1.165) is 17.9 Å². The number of rotatable bonds is 2. The van der Waals surface area contributed by atoms with Gasteiger partial charge in [0.05, 0.1) is 26.8 Å². The first-order valence-electron chi connectivity index (χ1n) is 5.19. The lowest BCUT2D eigenvalue weighted by Crippen LogP contribution is -1.94. The van der Waals surface area contributed by atoms with Gasteiger partial charge in [0, 0.05) is 8.95 Å². The molecule has 22 heavy (non-hydrogen) atoms. The molecule has 0 aliphatic heterocycles. The third-order valence-corrected chi connectivity index (χ3v) is 11.1.